The molecule has 0 aliphatic carbocycles. The minimum atomic E-state index is -2.36. The molecule has 0 saturated carbocycles. The van der Waals surface area contributed by atoms with E-state index in [1.165, 1.54) is 5.56 Å². The van der Waals surface area contributed by atoms with Gasteiger partial charge in [-0.15, -0.1) is 0 Å². The number of nitrogens with one attached hydrogen (secondary N) is 2. The number of benzene rings is 1. The van der Waals surface area contributed by atoms with Crippen LogP contribution >= 0.6 is 0 Å². The average molecular weight is 294 g/mol. The first-order valence-corrected chi connectivity index (χ1v) is 7.23. The van der Waals surface area contributed by atoms with Gasteiger partial charge in [-0.3, -0.25) is 4.79 Å². The van der Waals surface area contributed by atoms with Crippen molar-refractivity contribution in [3.8, 4) is 0 Å². The fraction of sp³-hybridized carbons (Fsp3) is 0.562. The molecule has 118 valence electrons. The summed E-state index contributed by atoms with van der Waals surface area (Å²) in [6.45, 7) is 6.55. The molecule has 0 aliphatic rings. The summed E-state index contributed by atoms with van der Waals surface area (Å²) in [6.07, 6.45) is 0.917. The summed E-state index contributed by atoms with van der Waals surface area (Å²) < 4.78 is 0. The number of carbonyl (C=O) groups is 1. The molecule has 1 amide bonds. The fourth-order valence-electron chi connectivity index (χ4n) is 1.73. The van der Waals surface area contributed by atoms with Crippen LogP contribution in [0.5, 0.6) is 0 Å². The first-order chi connectivity index (χ1) is 9.75. The smallest absolute Gasteiger partial charge is 0.280 e. The van der Waals surface area contributed by atoms with Gasteiger partial charge in [0.1, 0.15) is 0 Å². The molecule has 21 heavy (non-hydrogen) atoms. The van der Waals surface area contributed by atoms with Crippen LogP contribution in [0.3, 0.4) is 0 Å². The van der Waals surface area contributed by atoms with Gasteiger partial charge in [-0.05, 0) is 18.5 Å². The van der Waals surface area contributed by atoms with Gasteiger partial charge >= 0.3 is 0 Å². The van der Waals surface area contributed by atoms with Crippen LogP contribution in [0.25, 0.3) is 0 Å². The molecule has 0 bridgehead atoms. The van der Waals surface area contributed by atoms with Crippen LogP contribution in [-0.4, -0.2) is 41.5 Å². The maximum atomic E-state index is 11.7. The van der Waals surface area contributed by atoms with Gasteiger partial charge in [0.05, 0.1) is 0 Å². The van der Waals surface area contributed by atoms with Crippen LogP contribution < -0.4 is 10.6 Å². The number of aliphatic hydroxyl groups is 2. The van der Waals surface area contributed by atoms with E-state index in [2.05, 4.69) is 22.8 Å². The monoisotopic (exact) mass is 294 g/mol. The Labute approximate surface area is 126 Å². The van der Waals surface area contributed by atoms with E-state index in [4.69, 9.17) is 0 Å². The number of amides is 1. The number of rotatable bonds is 7. The van der Waals surface area contributed by atoms with E-state index in [0.29, 0.717) is 13.1 Å². The summed E-state index contributed by atoms with van der Waals surface area (Å²) in [6, 6.07) is 10.1. The summed E-state index contributed by atoms with van der Waals surface area (Å²) in [5, 5.41) is 25.3. The Bertz CT molecular complexity index is 439. The Morgan fingerprint density at radius 1 is 1.05 bits per heavy atom. The third-order valence-corrected chi connectivity index (χ3v) is 3.38. The van der Waals surface area contributed by atoms with Crippen molar-refractivity contribution in [2.45, 2.75) is 33.0 Å². The maximum absolute atomic E-state index is 11.7. The van der Waals surface area contributed by atoms with Crippen molar-refractivity contribution in [2.75, 3.05) is 19.6 Å². The van der Waals surface area contributed by atoms with Crippen LogP contribution in [-0.2, 0) is 11.2 Å². The molecule has 5 heteroatoms. The zero-order valence-corrected chi connectivity index (χ0v) is 13.0. The maximum Gasteiger partial charge on any atom is 0.280 e. The lowest BCUT2D eigenvalue weighted by molar-refractivity contribution is -0.223. The lowest BCUT2D eigenvalue weighted by atomic mass is 9.85. The highest BCUT2D eigenvalue weighted by Gasteiger charge is 2.45. The molecule has 0 unspecified atom stereocenters. The molecule has 1 aromatic rings. The normalized spacial score (nSPS) is 12.2. The highest BCUT2D eigenvalue weighted by Crippen LogP contribution is 2.27. The summed E-state index contributed by atoms with van der Waals surface area (Å²) >= 11 is 0. The molecule has 5 nitrogen and oxygen atoms in total. The first-order valence-electron chi connectivity index (χ1n) is 7.23. The van der Waals surface area contributed by atoms with Gasteiger partial charge in [-0.2, -0.15) is 0 Å². The Hall–Kier alpha value is -1.43. The Balaban J connectivity index is 2.18. The highest BCUT2D eigenvalue weighted by molar-refractivity contribution is 5.83. The summed E-state index contributed by atoms with van der Waals surface area (Å²) in [4.78, 5) is 11.7. The molecule has 0 aromatic heterocycles. The third kappa shape index (κ3) is 5.46. The van der Waals surface area contributed by atoms with E-state index in [9.17, 15) is 15.0 Å². The van der Waals surface area contributed by atoms with E-state index >= 15 is 0 Å². The predicted octanol–water partition coefficient (Wildman–Crippen LogP) is 0.662. The second-order valence-electron chi connectivity index (χ2n) is 6.16. The van der Waals surface area contributed by atoms with Crippen molar-refractivity contribution in [3.05, 3.63) is 35.9 Å². The molecule has 1 rings (SSSR count). The molecule has 0 fully saturated rings. The molecule has 0 saturated heterocycles. The van der Waals surface area contributed by atoms with E-state index in [0.717, 1.165) is 13.0 Å². The summed E-state index contributed by atoms with van der Waals surface area (Å²) in [7, 11) is 0. The molecule has 0 spiro atoms. The minimum Gasteiger partial charge on any atom is -0.358 e. The number of hydrogen-bond donors (Lipinski definition) is 4. The first kappa shape index (κ1) is 17.6. The van der Waals surface area contributed by atoms with E-state index < -0.39 is 17.1 Å². The molecule has 0 aliphatic heterocycles. The van der Waals surface area contributed by atoms with Gasteiger partial charge in [0.15, 0.2) is 0 Å². The standard InChI is InChI=1S/C16H26N2O3/c1-15(2,3)16(20,21)14(19)18-12-11-17-10-9-13-7-5-4-6-8-13/h4-8,17,20-21H,9-12H2,1-3H3,(H,18,19). The molecule has 0 radical (unpaired) electrons. The molecule has 1 aromatic carbocycles. The SMILES string of the molecule is CC(C)(C)C(O)(O)C(=O)NCCNCCc1ccccc1. The second kappa shape index (κ2) is 7.54. The largest absolute Gasteiger partial charge is 0.358 e. The van der Waals surface area contributed by atoms with Gasteiger partial charge in [-0.25, -0.2) is 0 Å². The van der Waals surface area contributed by atoms with Crippen LogP contribution in [0.15, 0.2) is 30.3 Å². The van der Waals surface area contributed by atoms with E-state index in [1.807, 2.05) is 18.2 Å². The number of carbonyl (C=O) groups excluding carboxylic acids is 1. The average Bonchev–Trinajstić information content (AvgIpc) is 2.42. The molecule has 4 N–H and O–H groups in total. The van der Waals surface area contributed by atoms with Crippen molar-refractivity contribution in [2.24, 2.45) is 5.41 Å². The van der Waals surface area contributed by atoms with Crippen LogP contribution in [0.1, 0.15) is 26.3 Å². The zero-order chi connectivity index (χ0) is 15.9. The zero-order valence-electron chi connectivity index (χ0n) is 13.0. The van der Waals surface area contributed by atoms with E-state index in [-0.39, 0.29) is 0 Å². The molecular formula is C16H26N2O3. The van der Waals surface area contributed by atoms with Crippen LogP contribution in [0.2, 0.25) is 0 Å². The van der Waals surface area contributed by atoms with Gasteiger partial charge < -0.3 is 20.8 Å². The third-order valence-electron chi connectivity index (χ3n) is 3.38. The van der Waals surface area contributed by atoms with Gasteiger partial charge in [0, 0.05) is 18.5 Å². The highest BCUT2D eigenvalue weighted by atomic mass is 16.5. The topological polar surface area (TPSA) is 81.6 Å². The van der Waals surface area contributed by atoms with Gasteiger partial charge in [0.2, 0.25) is 5.79 Å². The van der Waals surface area contributed by atoms with Crippen LogP contribution in [0, 0.1) is 5.41 Å². The van der Waals surface area contributed by atoms with Crippen molar-refractivity contribution in [3.63, 3.8) is 0 Å². The molecule has 0 atom stereocenters. The van der Waals surface area contributed by atoms with Crippen molar-refractivity contribution < 1.29 is 15.0 Å². The van der Waals surface area contributed by atoms with Crippen molar-refractivity contribution in [1.29, 1.82) is 0 Å². The van der Waals surface area contributed by atoms with Gasteiger partial charge in [0.25, 0.3) is 5.91 Å². The lowest BCUT2D eigenvalue weighted by Crippen LogP contribution is -2.56. The Morgan fingerprint density at radius 2 is 1.67 bits per heavy atom. The Morgan fingerprint density at radius 3 is 2.24 bits per heavy atom. The quantitative estimate of drug-likeness (QED) is 0.440. The predicted molar refractivity (Wildman–Crippen MR) is 82.6 cm³/mol. The van der Waals surface area contributed by atoms with Crippen molar-refractivity contribution >= 4 is 5.91 Å². The summed E-state index contributed by atoms with van der Waals surface area (Å²) in [5.41, 5.74) is 0.323. The lowest BCUT2D eigenvalue weighted by Gasteiger charge is -2.33. The number of hydrogen-bond acceptors (Lipinski definition) is 4. The minimum absolute atomic E-state index is 0.354. The molecular weight excluding hydrogens is 268 g/mol. The fourth-order valence-corrected chi connectivity index (χ4v) is 1.73. The summed E-state index contributed by atoms with van der Waals surface area (Å²) in [5.74, 6) is -3.13. The molecule has 0 heterocycles. The van der Waals surface area contributed by atoms with Crippen LogP contribution in [0.4, 0.5) is 0 Å². The van der Waals surface area contributed by atoms with Crippen molar-refractivity contribution in [1.82, 2.24) is 10.6 Å². The second-order valence-corrected chi connectivity index (χ2v) is 6.16. The Kier molecular flexibility index (Phi) is 6.33. The van der Waals surface area contributed by atoms with Gasteiger partial charge in [-0.1, -0.05) is 51.1 Å². The van der Waals surface area contributed by atoms with E-state index in [1.54, 1.807) is 20.8 Å².